The maximum atomic E-state index is 13.7. The van der Waals surface area contributed by atoms with Gasteiger partial charge in [-0.3, -0.25) is 0 Å². The second-order valence-electron chi connectivity index (χ2n) is 4.82. The molecule has 1 atom stereocenters. The van der Waals surface area contributed by atoms with E-state index in [0.29, 0.717) is 18.0 Å². The van der Waals surface area contributed by atoms with Crippen molar-refractivity contribution in [2.45, 2.75) is 26.3 Å². The SMILES string of the molecule is CCOc1cc(NC(CC)c2ccccc2)c(N)cc1F. The first-order chi connectivity index (χ1) is 10.2. The molecule has 0 bridgehead atoms. The van der Waals surface area contributed by atoms with Crippen LogP contribution in [0.4, 0.5) is 15.8 Å². The van der Waals surface area contributed by atoms with Crippen LogP contribution in [-0.4, -0.2) is 6.61 Å². The van der Waals surface area contributed by atoms with Gasteiger partial charge >= 0.3 is 0 Å². The molecule has 3 N–H and O–H groups in total. The van der Waals surface area contributed by atoms with Crippen LogP contribution in [0.1, 0.15) is 31.9 Å². The van der Waals surface area contributed by atoms with Crippen molar-refractivity contribution in [2.24, 2.45) is 0 Å². The molecule has 2 aromatic rings. The summed E-state index contributed by atoms with van der Waals surface area (Å²) in [5, 5.41) is 3.37. The van der Waals surface area contributed by atoms with Crippen LogP contribution in [0.25, 0.3) is 0 Å². The van der Waals surface area contributed by atoms with E-state index in [1.54, 1.807) is 6.07 Å². The van der Waals surface area contributed by atoms with E-state index in [-0.39, 0.29) is 11.8 Å². The zero-order valence-electron chi connectivity index (χ0n) is 12.4. The minimum atomic E-state index is -0.437. The number of nitrogens with one attached hydrogen (secondary N) is 1. The summed E-state index contributed by atoms with van der Waals surface area (Å²) in [6, 6.07) is 13.1. The smallest absolute Gasteiger partial charge is 0.167 e. The number of hydrogen-bond donors (Lipinski definition) is 2. The number of nitrogens with two attached hydrogens (primary N) is 1. The summed E-state index contributed by atoms with van der Waals surface area (Å²) in [5.74, 6) is -0.218. The van der Waals surface area contributed by atoms with Crippen LogP contribution in [0.5, 0.6) is 5.75 Å². The average Bonchev–Trinajstić information content (AvgIpc) is 2.50. The monoisotopic (exact) mass is 288 g/mol. The van der Waals surface area contributed by atoms with Gasteiger partial charge in [-0.15, -0.1) is 0 Å². The molecule has 0 aliphatic rings. The lowest BCUT2D eigenvalue weighted by atomic mass is 10.0. The highest BCUT2D eigenvalue weighted by molar-refractivity contribution is 5.69. The number of hydrogen-bond acceptors (Lipinski definition) is 3. The fourth-order valence-electron chi connectivity index (χ4n) is 2.25. The predicted molar refractivity (Wildman–Crippen MR) is 85.1 cm³/mol. The Bertz CT molecular complexity index is 587. The zero-order chi connectivity index (χ0) is 15.2. The van der Waals surface area contributed by atoms with Crippen molar-refractivity contribution in [3.05, 3.63) is 53.8 Å². The van der Waals surface area contributed by atoms with Crippen LogP contribution in [0.2, 0.25) is 0 Å². The highest BCUT2D eigenvalue weighted by atomic mass is 19.1. The second kappa shape index (κ2) is 6.97. The van der Waals surface area contributed by atoms with Crippen molar-refractivity contribution in [1.29, 1.82) is 0 Å². The fourth-order valence-corrected chi connectivity index (χ4v) is 2.25. The molecule has 2 rings (SSSR count). The molecule has 21 heavy (non-hydrogen) atoms. The molecule has 0 saturated carbocycles. The Morgan fingerprint density at radius 3 is 2.52 bits per heavy atom. The van der Waals surface area contributed by atoms with E-state index in [0.717, 1.165) is 6.42 Å². The van der Waals surface area contributed by atoms with E-state index in [1.807, 2.05) is 25.1 Å². The van der Waals surface area contributed by atoms with Crippen LogP contribution in [-0.2, 0) is 0 Å². The molecule has 0 aliphatic carbocycles. The number of halogens is 1. The number of ether oxygens (including phenoxy) is 1. The highest BCUT2D eigenvalue weighted by Gasteiger charge is 2.13. The Hall–Kier alpha value is -2.23. The summed E-state index contributed by atoms with van der Waals surface area (Å²) in [6.45, 7) is 4.33. The lowest BCUT2D eigenvalue weighted by Crippen LogP contribution is -2.11. The fraction of sp³-hybridized carbons (Fsp3) is 0.294. The van der Waals surface area contributed by atoms with Crippen molar-refractivity contribution < 1.29 is 9.13 Å². The summed E-state index contributed by atoms with van der Waals surface area (Å²) in [7, 11) is 0. The van der Waals surface area contributed by atoms with Crippen molar-refractivity contribution >= 4 is 11.4 Å². The molecule has 0 aromatic heterocycles. The molecule has 4 heteroatoms. The molecule has 0 radical (unpaired) electrons. The van der Waals surface area contributed by atoms with Crippen molar-refractivity contribution in [1.82, 2.24) is 0 Å². The van der Waals surface area contributed by atoms with Gasteiger partial charge in [-0.05, 0) is 18.9 Å². The Morgan fingerprint density at radius 1 is 1.19 bits per heavy atom. The van der Waals surface area contributed by atoms with Gasteiger partial charge in [0.1, 0.15) is 0 Å². The van der Waals surface area contributed by atoms with E-state index >= 15 is 0 Å². The standard InChI is InChI=1S/C17H21FN2O/c1-3-15(12-8-6-5-7-9-12)20-16-11-17(21-4-2)13(18)10-14(16)19/h5-11,15,20H,3-4,19H2,1-2H3. The quantitative estimate of drug-likeness (QED) is 0.776. The van der Waals surface area contributed by atoms with Gasteiger partial charge in [0.15, 0.2) is 11.6 Å². The molecule has 0 saturated heterocycles. The molecule has 2 aromatic carbocycles. The van der Waals surface area contributed by atoms with E-state index in [9.17, 15) is 4.39 Å². The van der Waals surface area contributed by atoms with Crippen molar-refractivity contribution in [3.8, 4) is 5.75 Å². The van der Waals surface area contributed by atoms with Gasteiger partial charge in [0.05, 0.1) is 24.0 Å². The first kappa shape index (κ1) is 15.2. The van der Waals surface area contributed by atoms with Crippen LogP contribution in [0.3, 0.4) is 0 Å². The van der Waals surface area contributed by atoms with E-state index in [2.05, 4.69) is 24.4 Å². The van der Waals surface area contributed by atoms with E-state index in [4.69, 9.17) is 10.5 Å². The Kier molecular flexibility index (Phi) is 5.04. The van der Waals surface area contributed by atoms with Crippen LogP contribution < -0.4 is 15.8 Å². The third kappa shape index (κ3) is 3.66. The van der Waals surface area contributed by atoms with Gasteiger partial charge in [0, 0.05) is 12.1 Å². The average molecular weight is 288 g/mol. The molecular weight excluding hydrogens is 267 g/mol. The van der Waals surface area contributed by atoms with Gasteiger partial charge in [-0.25, -0.2) is 4.39 Å². The first-order valence-corrected chi connectivity index (χ1v) is 7.19. The molecule has 1 unspecified atom stereocenters. The maximum Gasteiger partial charge on any atom is 0.167 e. The minimum absolute atomic E-state index is 0.119. The normalized spacial score (nSPS) is 12.0. The number of benzene rings is 2. The van der Waals surface area contributed by atoms with Crippen molar-refractivity contribution in [2.75, 3.05) is 17.7 Å². The summed E-state index contributed by atoms with van der Waals surface area (Å²) in [6.07, 6.45) is 0.894. The first-order valence-electron chi connectivity index (χ1n) is 7.19. The van der Waals surface area contributed by atoms with Gasteiger partial charge < -0.3 is 15.8 Å². The lowest BCUT2D eigenvalue weighted by molar-refractivity contribution is 0.322. The van der Waals surface area contributed by atoms with Gasteiger partial charge in [0.25, 0.3) is 0 Å². The topological polar surface area (TPSA) is 47.3 Å². The molecule has 112 valence electrons. The zero-order valence-corrected chi connectivity index (χ0v) is 12.4. The molecular formula is C17H21FN2O. The molecule has 0 heterocycles. The number of nitrogen functional groups attached to an aromatic ring is 1. The Balaban J connectivity index is 2.27. The maximum absolute atomic E-state index is 13.7. The molecule has 0 amide bonds. The molecule has 3 nitrogen and oxygen atoms in total. The second-order valence-corrected chi connectivity index (χ2v) is 4.82. The summed E-state index contributed by atoms with van der Waals surface area (Å²) >= 11 is 0. The summed E-state index contributed by atoms with van der Waals surface area (Å²) in [5.41, 5.74) is 8.15. The van der Waals surface area contributed by atoms with Gasteiger partial charge in [-0.2, -0.15) is 0 Å². The number of rotatable bonds is 6. The number of anilines is 2. The Morgan fingerprint density at radius 2 is 1.90 bits per heavy atom. The lowest BCUT2D eigenvalue weighted by Gasteiger charge is -2.21. The minimum Gasteiger partial charge on any atom is -0.491 e. The van der Waals surface area contributed by atoms with Crippen LogP contribution in [0, 0.1) is 5.82 Å². The van der Waals surface area contributed by atoms with Crippen molar-refractivity contribution in [3.63, 3.8) is 0 Å². The molecule has 0 aliphatic heterocycles. The Labute approximate surface area is 124 Å². The summed E-state index contributed by atoms with van der Waals surface area (Å²) in [4.78, 5) is 0. The largest absolute Gasteiger partial charge is 0.491 e. The third-order valence-electron chi connectivity index (χ3n) is 3.34. The van der Waals surface area contributed by atoms with Crippen LogP contribution in [0.15, 0.2) is 42.5 Å². The molecule has 0 spiro atoms. The van der Waals surface area contributed by atoms with Crippen LogP contribution >= 0.6 is 0 Å². The van der Waals surface area contributed by atoms with E-state index < -0.39 is 5.82 Å². The molecule has 0 fully saturated rings. The van der Waals surface area contributed by atoms with Gasteiger partial charge in [0.2, 0.25) is 0 Å². The van der Waals surface area contributed by atoms with Gasteiger partial charge in [-0.1, -0.05) is 37.3 Å². The summed E-state index contributed by atoms with van der Waals surface area (Å²) < 4.78 is 19.0. The highest BCUT2D eigenvalue weighted by Crippen LogP contribution is 2.31. The predicted octanol–water partition coefficient (Wildman–Crippen LogP) is 4.37. The third-order valence-corrected chi connectivity index (χ3v) is 3.34. The van der Waals surface area contributed by atoms with E-state index in [1.165, 1.54) is 11.6 Å².